The van der Waals surface area contributed by atoms with E-state index in [-0.39, 0.29) is 5.75 Å². The molecule has 0 radical (unpaired) electrons. The first-order valence-corrected chi connectivity index (χ1v) is 8.30. The van der Waals surface area contributed by atoms with Crippen LogP contribution in [0.15, 0.2) is 41.4 Å². The quantitative estimate of drug-likeness (QED) is 0.543. The zero-order chi connectivity index (χ0) is 19.1. The fraction of sp³-hybridized carbons (Fsp3) is 0.316. The van der Waals surface area contributed by atoms with Crippen LogP contribution in [0.3, 0.4) is 0 Å². The predicted octanol–water partition coefficient (Wildman–Crippen LogP) is 3.50. The van der Waals surface area contributed by atoms with Crippen molar-refractivity contribution < 1.29 is 18.6 Å². The van der Waals surface area contributed by atoms with Crippen LogP contribution in [0.1, 0.15) is 31.0 Å². The van der Waals surface area contributed by atoms with Gasteiger partial charge in [0.2, 0.25) is 0 Å². The van der Waals surface area contributed by atoms with Crippen molar-refractivity contribution in [1.29, 1.82) is 0 Å². The number of hydrogen-bond donors (Lipinski definition) is 3. The predicted molar refractivity (Wildman–Crippen MR) is 97.4 cm³/mol. The first-order valence-electron chi connectivity index (χ1n) is 8.30. The average Bonchev–Trinajstić information content (AvgIpc) is 2.59. The minimum Gasteiger partial charge on any atom is -0.504 e. The highest BCUT2D eigenvalue weighted by Crippen LogP contribution is 2.26. The smallest absolute Gasteiger partial charge is 0.192 e. The third-order valence-electron chi connectivity index (χ3n) is 3.79. The molecular weight excluding hydrogens is 340 g/mol. The fourth-order valence-electron chi connectivity index (χ4n) is 2.46. The van der Waals surface area contributed by atoms with E-state index in [1.165, 1.54) is 19.2 Å². The zero-order valence-corrected chi connectivity index (χ0v) is 15.0. The van der Waals surface area contributed by atoms with Gasteiger partial charge in [-0.2, -0.15) is 0 Å². The number of aliphatic imine (C=N–C) groups is 1. The van der Waals surface area contributed by atoms with Crippen molar-refractivity contribution in [2.45, 2.75) is 26.4 Å². The Hall–Kier alpha value is -2.83. The molecule has 1 unspecified atom stereocenters. The zero-order valence-electron chi connectivity index (χ0n) is 15.0. The second kappa shape index (κ2) is 9.03. The van der Waals surface area contributed by atoms with Gasteiger partial charge in [0.25, 0.3) is 0 Å². The largest absolute Gasteiger partial charge is 0.504 e. The number of guanidine groups is 1. The van der Waals surface area contributed by atoms with E-state index in [4.69, 9.17) is 4.74 Å². The minimum atomic E-state index is -0.613. The van der Waals surface area contributed by atoms with Crippen molar-refractivity contribution in [3.63, 3.8) is 0 Å². The van der Waals surface area contributed by atoms with Gasteiger partial charge in [-0.1, -0.05) is 12.1 Å². The number of methoxy groups -OCH3 is 1. The summed E-state index contributed by atoms with van der Waals surface area (Å²) in [4.78, 5) is 4.44. The summed E-state index contributed by atoms with van der Waals surface area (Å²) in [5, 5.41) is 16.0. The Bertz CT molecular complexity index is 781. The van der Waals surface area contributed by atoms with Crippen LogP contribution < -0.4 is 15.4 Å². The number of aromatic hydroxyl groups is 1. The van der Waals surface area contributed by atoms with Crippen LogP contribution in [0, 0.1) is 11.6 Å². The first-order chi connectivity index (χ1) is 12.4. The van der Waals surface area contributed by atoms with Crippen LogP contribution in [0.25, 0.3) is 0 Å². The molecule has 26 heavy (non-hydrogen) atoms. The Labute approximate surface area is 151 Å². The van der Waals surface area contributed by atoms with Crippen molar-refractivity contribution in [2.75, 3.05) is 13.7 Å². The van der Waals surface area contributed by atoms with E-state index in [2.05, 4.69) is 15.6 Å². The Balaban J connectivity index is 2.11. The van der Waals surface area contributed by atoms with E-state index in [1.54, 1.807) is 25.1 Å². The molecule has 0 aliphatic heterocycles. The van der Waals surface area contributed by atoms with Crippen molar-refractivity contribution in [1.82, 2.24) is 10.6 Å². The number of ether oxygens (including phenoxy) is 1. The number of rotatable bonds is 6. The lowest BCUT2D eigenvalue weighted by atomic mass is 10.1. The molecule has 7 heteroatoms. The number of benzene rings is 2. The van der Waals surface area contributed by atoms with E-state index in [0.717, 1.165) is 11.6 Å². The SMILES string of the molecule is CCNC(=NCc1ccc(OC)c(O)c1)NC(C)c1ccc(F)cc1F. The van der Waals surface area contributed by atoms with Gasteiger partial charge in [-0.3, -0.25) is 0 Å². The van der Waals surface area contributed by atoms with Gasteiger partial charge in [0.1, 0.15) is 11.6 Å². The summed E-state index contributed by atoms with van der Waals surface area (Å²) >= 11 is 0. The van der Waals surface area contributed by atoms with Gasteiger partial charge >= 0.3 is 0 Å². The molecule has 0 aliphatic carbocycles. The standard InChI is InChI=1S/C19H23F2N3O2/c1-4-22-19(23-11-13-5-8-18(26-3)17(25)9-13)24-12(2)15-7-6-14(20)10-16(15)21/h5-10,12,25H,4,11H2,1-3H3,(H2,22,23,24). The van der Waals surface area contributed by atoms with Crippen LogP contribution >= 0.6 is 0 Å². The summed E-state index contributed by atoms with van der Waals surface area (Å²) in [6.07, 6.45) is 0. The van der Waals surface area contributed by atoms with Crippen LogP contribution in [0.4, 0.5) is 8.78 Å². The lowest BCUT2D eigenvalue weighted by Crippen LogP contribution is -2.39. The van der Waals surface area contributed by atoms with Crippen LogP contribution in [-0.2, 0) is 6.54 Å². The molecule has 0 aromatic heterocycles. The van der Waals surface area contributed by atoms with Gasteiger partial charge < -0.3 is 20.5 Å². The van der Waals surface area contributed by atoms with E-state index in [9.17, 15) is 13.9 Å². The minimum absolute atomic E-state index is 0.0416. The summed E-state index contributed by atoms with van der Waals surface area (Å²) in [6.45, 7) is 4.62. The highest BCUT2D eigenvalue weighted by atomic mass is 19.1. The van der Waals surface area contributed by atoms with Crippen LogP contribution in [0.2, 0.25) is 0 Å². The molecule has 0 aliphatic rings. The second-order valence-corrected chi connectivity index (χ2v) is 5.73. The molecule has 0 bridgehead atoms. The van der Waals surface area contributed by atoms with Gasteiger partial charge in [0, 0.05) is 18.2 Å². The molecule has 0 spiro atoms. The van der Waals surface area contributed by atoms with E-state index >= 15 is 0 Å². The Morgan fingerprint density at radius 2 is 2.00 bits per heavy atom. The third-order valence-corrected chi connectivity index (χ3v) is 3.79. The molecule has 1 atom stereocenters. The summed E-state index contributed by atoms with van der Waals surface area (Å²) in [5.74, 6) is -0.304. The second-order valence-electron chi connectivity index (χ2n) is 5.73. The molecule has 5 nitrogen and oxygen atoms in total. The van der Waals surface area contributed by atoms with Crippen LogP contribution in [-0.4, -0.2) is 24.7 Å². The Kier molecular flexibility index (Phi) is 6.77. The number of nitrogens with one attached hydrogen (secondary N) is 2. The van der Waals surface area contributed by atoms with Crippen LogP contribution in [0.5, 0.6) is 11.5 Å². The molecule has 0 saturated heterocycles. The van der Waals surface area contributed by atoms with Crippen molar-refractivity contribution in [2.24, 2.45) is 4.99 Å². The molecule has 0 saturated carbocycles. The van der Waals surface area contributed by atoms with E-state index < -0.39 is 17.7 Å². The lowest BCUT2D eigenvalue weighted by molar-refractivity contribution is 0.373. The maximum absolute atomic E-state index is 13.9. The van der Waals surface area contributed by atoms with Gasteiger partial charge in [-0.15, -0.1) is 0 Å². The Morgan fingerprint density at radius 3 is 2.62 bits per heavy atom. The van der Waals surface area contributed by atoms with E-state index in [0.29, 0.717) is 30.4 Å². The van der Waals surface area contributed by atoms with Gasteiger partial charge in [0.15, 0.2) is 17.5 Å². The lowest BCUT2D eigenvalue weighted by Gasteiger charge is -2.18. The average molecular weight is 363 g/mol. The Morgan fingerprint density at radius 1 is 1.23 bits per heavy atom. The topological polar surface area (TPSA) is 65.9 Å². The van der Waals surface area contributed by atoms with Crippen molar-refractivity contribution >= 4 is 5.96 Å². The molecule has 0 fully saturated rings. The normalized spacial score (nSPS) is 12.6. The van der Waals surface area contributed by atoms with E-state index in [1.807, 2.05) is 6.92 Å². The van der Waals surface area contributed by atoms with Gasteiger partial charge in [0.05, 0.1) is 19.7 Å². The number of phenols is 1. The molecule has 0 amide bonds. The number of phenolic OH excluding ortho intramolecular Hbond substituents is 1. The maximum Gasteiger partial charge on any atom is 0.192 e. The van der Waals surface area contributed by atoms with Gasteiger partial charge in [-0.05, 0) is 37.6 Å². The molecule has 2 aromatic carbocycles. The molecule has 2 rings (SSSR count). The highest BCUT2D eigenvalue weighted by molar-refractivity contribution is 5.80. The van der Waals surface area contributed by atoms with Crippen molar-refractivity contribution in [3.8, 4) is 11.5 Å². The molecule has 140 valence electrons. The van der Waals surface area contributed by atoms with Gasteiger partial charge in [-0.25, -0.2) is 13.8 Å². The van der Waals surface area contributed by atoms with Crippen molar-refractivity contribution in [3.05, 3.63) is 59.2 Å². The summed E-state index contributed by atoms with van der Waals surface area (Å²) in [5.41, 5.74) is 1.14. The highest BCUT2D eigenvalue weighted by Gasteiger charge is 2.13. The molecule has 3 N–H and O–H groups in total. The number of halogens is 2. The fourth-order valence-corrected chi connectivity index (χ4v) is 2.46. The number of nitrogens with zero attached hydrogens (tertiary/aromatic N) is 1. The monoisotopic (exact) mass is 363 g/mol. The first kappa shape index (κ1) is 19.5. The molecule has 0 heterocycles. The maximum atomic E-state index is 13.9. The summed E-state index contributed by atoms with van der Waals surface area (Å²) in [7, 11) is 1.48. The summed E-state index contributed by atoms with van der Waals surface area (Å²) in [6, 6.07) is 8.13. The summed E-state index contributed by atoms with van der Waals surface area (Å²) < 4.78 is 32.0. The molecule has 2 aromatic rings. The number of hydrogen-bond acceptors (Lipinski definition) is 3. The molecular formula is C19H23F2N3O2. The third kappa shape index (κ3) is 5.08.